The van der Waals surface area contributed by atoms with Gasteiger partial charge in [0.05, 0.1) is 5.56 Å². The van der Waals surface area contributed by atoms with Crippen LogP contribution in [0.25, 0.3) is 0 Å². The van der Waals surface area contributed by atoms with E-state index in [-0.39, 0.29) is 16.5 Å². The fraction of sp³-hybridized carbons (Fsp3) is 0.100. The van der Waals surface area contributed by atoms with E-state index < -0.39 is 17.1 Å². The molecule has 4 nitrogen and oxygen atoms in total. The Morgan fingerprint density at radius 3 is 2.53 bits per heavy atom. The molecule has 0 fully saturated rings. The number of anilines is 1. The Morgan fingerprint density at radius 2 is 1.95 bits per heavy atom. The van der Waals surface area contributed by atoms with E-state index in [0.717, 1.165) is 0 Å². The minimum Gasteiger partial charge on any atom is -0.296 e. The lowest BCUT2D eigenvalue weighted by Crippen LogP contribution is -2.13. The third kappa shape index (κ3) is 3.41. The second-order valence-corrected chi connectivity index (χ2v) is 5.48. The number of alkyl halides is 3. The number of amides is 1. The molecule has 1 amide bonds. The molecule has 0 aliphatic carbocycles. The molecular formula is C10H5F3IN3OS. The van der Waals surface area contributed by atoms with Gasteiger partial charge in [-0.1, -0.05) is 23.5 Å². The predicted octanol–water partition coefficient (Wildman–Crippen LogP) is 3.41. The molecule has 0 atom stereocenters. The summed E-state index contributed by atoms with van der Waals surface area (Å²) in [5, 5.41) is 7.29. The summed E-state index contributed by atoms with van der Waals surface area (Å²) in [5.41, 5.74) is 0.367. The highest BCUT2D eigenvalue weighted by Crippen LogP contribution is 2.33. The van der Waals surface area contributed by atoms with Crippen LogP contribution in [0.3, 0.4) is 0 Å². The largest absolute Gasteiger partial charge is 0.445 e. The first-order chi connectivity index (χ1) is 8.88. The zero-order valence-electron chi connectivity index (χ0n) is 9.03. The van der Waals surface area contributed by atoms with Crippen LogP contribution in [0.4, 0.5) is 18.3 Å². The SMILES string of the molecule is O=C(Nc1nnc(C(F)(F)F)s1)c1ccccc1I. The molecule has 9 heteroatoms. The average molecular weight is 399 g/mol. The highest BCUT2D eigenvalue weighted by Gasteiger charge is 2.35. The van der Waals surface area contributed by atoms with Crippen LogP contribution < -0.4 is 5.32 Å². The molecule has 0 unspecified atom stereocenters. The molecule has 1 aromatic carbocycles. The normalized spacial score (nSPS) is 11.4. The number of hydrogen-bond acceptors (Lipinski definition) is 4. The van der Waals surface area contributed by atoms with Gasteiger partial charge in [-0.25, -0.2) is 0 Å². The Balaban J connectivity index is 2.16. The van der Waals surface area contributed by atoms with Crippen molar-refractivity contribution in [3.05, 3.63) is 38.4 Å². The van der Waals surface area contributed by atoms with Gasteiger partial charge >= 0.3 is 6.18 Å². The third-order valence-electron chi connectivity index (χ3n) is 2.01. The molecule has 2 aromatic rings. The predicted molar refractivity (Wildman–Crippen MR) is 72.0 cm³/mol. The van der Waals surface area contributed by atoms with E-state index >= 15 is 0 Å². The summed E-state index contributed by atoms with van der Waals surface area (Å²) in [7, 11) is 0. The molecule has 0 spiro atoms. The monoisotopic (exact) mass is 399 g/mol. The van der Waals surface area contributed by atoms with Crippen molar-refractivity contribution < 1.29 is 18.0 Å². The molecule has 1 heterocycles. The molecule has 0 bridgehead atoms. The van der Waals surface area contributed by atoms with Crippen LogP contribution in [0.5, 0.6) is 0 Å². The zero-order chi connectivity index (χ0) is 14.0. The van der Waals surface area contributed by atoms with Gasteiger partial charge in [0.15, 0.2) is 0 Å². The number of rotatable bonds is 2. The topological polar surface area (TPSA) is 54.9 Å². The van der Waals surface area contributed by atoms with E-state index in [1.165, 1.54) is 0 Å². The van der Waals surface area contributed by atoms with E-state index in [9.17, 15) is 18.0 Å². The lowest BCUT2D eigenvalue weighted by Gasteiger charge is -2.03. The van der Waals surface area contributed by atoms with E-state index in [1.54, 1.807) is 24.3 Å². The van der Waals surface area contributed by atoms with Gasteiger partial charge in [0.2, 0.25) is 10.1 Å². The molecule has 19 heavy (non-hydrogen) atoms. The Bertz CT molecular complexity index is 614. The number of nitrogens with one attached hydrogen (secondary N) is 1. The van der Waals surface area contributed by atoms with Crippen molar-refractivity contribution >= 4 is 45.0 Å². The first kappa shape index (κ1) is 14.2. The Hall–Kier alpha value is -1.23. The molecule has 0 saturated heterocycles. The van der Waals surface area contributed by atoms with Gasteiger partial charge < -0.3 is 0 Å². The first-order valence-corrected chi connectivity index (χ1v) is 6.74. The first-order valence-electron chi connectivity index (χ1n) is 4.84. The lowest BCUT2D eigenvalue weighted by molar-refractivity contribution is -0.138. The summed E-state index contributed by atoms with van der Waals surface area (Å²) in [5.74, 6) is -0.519. The molecule has 1 N–H and O–H groups in total. The summed E-state index contributed by atoms with van der Waals surface area (Å²) < 4.78 is 37.7. The van der Waals surface area contributed by atoms with Crippen LogP contribution >= 0.6 is 33.9 Å². The molecule has 1 aromatic heterocycles. The number of hydrogen-bond donors (Lipinski definition) is 1. The van der Waals surface area contributed by atoms with Crippen LogP contribution in [0.15, 0.2) is 24.3 Å². The molecule has 0 aliphatic rings. The van der Waals surface area contributed by atoms with Crippen molar-refractivity contribution in [3.8, 4) is 0 Å². The van der Waals surface area contributed by atoms with Crippen LogP contribution in [-0.2, 0) is 6.18 Å². The molecular weight excluding hydrogens is 394 g/mol. The van der Waals surface area contributed by atoms with Crippen molar-refractivity contribution in [2.75, 3.05) is 5.32 Å². The van der Waals surface area contributed by atoms with Crippen molar-refractivity contribution in [3.63, 3.8) is 0 Å². The van der Waals surface area contributed by atoms with Crippen LogP contribution in [0.2, 0.25) is 0 Å². The van der Waals surface area contributed by atoms with Crippen molar-refractivity contribution in [1.82, 2.24) is 10.2 Å². The van der Waals surface area contributed by atoms with Crippen molar-refractivity contribution in [1.29, 1.82) is 0 Å². The van der Waals surface area contributed by atoms with E-state index in [2.05, 4.69) is 15.5 Å². The number of carbonyl (C=O) groups excluding carboxylic acids is 1. The van der Waals surface area contributed by atoms with Gasteiger partial charge in [0, 0.05) is 3.57 Å². The quantitative estimate of drug-likeness (QED) is 0.788. The second kappa shape index (κ2) is 5.41. The molecule has 0 aliphatic heterocycles. The van der Waals surface area contributed by atoms with Gasteiger partial charge in [-0.15, -0.1) is 10.2 Å². The maximum absolute atomic E-state index is 12.3. The molecule has 0 saturated carbocycles. The molecule has 0 radical (unpaired) electrons. The smallest absolute Gasteiger partial charge is 0.296 e. The molecule has 100 valence electrons. The van der Waals surface area contributed by atoms with Crippen molar-refractivity contribution in [2.45, 2.75) is 6.18 Å². The highest BCUT2D eigenvalue weighted by atomic mass is 127. The van der Waals surface area contributed by atoms with E-state index in [0.29, 0.717) is 9.13 Å². The number of aromatic nitrogens is 2. The van der Waals surface area contributed by atoms with Gasteiger partial charge in [-0.05, 0) is 34.7 Å². The minimum absolute atomic E-state index is 0.183. The average Bonchev–Trinajstić information content (AvgIpc) is 2.77. The molecule has 2 rings (SSSR count). The summed E-state index contributed by atoms with van der Waals surface area (Å²) in [6.45, 7) is 0. The van der Waals surface area contributed by atoms with Gasteiger partial charge in [-0.3, -0.25) is 10.1 Å². The Kier molecular flexibility index (Phi) is 4.04. The lowest BCUT2D eigenvalue weighted by atomic mass is 10.2. The van der Waals surface area contributed by atoms with Gasteiger partial charge in [0.25, 0.3) is 5.91 Å². The number of halogens is 4. The Labute approximate surface area is 123 Å². The third-order valence-corrected chi connectivity index (χ3v) is 3.83. The number of nitrogens with zero attached hydrogens (tertiary/aromatic N) is 2. The maximum Gasteiger partial charge on any atom is 0.445 e. The maximum atomic E-state index is 12.3. The van der Waals surface area contributed by atoms with Crippen LogP contribution in [0, 0.1) is 3.57 Å². The summed E-state index contributed by atoms with van der Waals surface area (Å²) in [6, 6.07) is 6.71. The van der Waals surface area contributed by atoms with E-state index in [4.69, 9.17) is 0 Å². The number of carbonyl (C=O) groups is 1. The summed E-state index contributed by atoms with van der Waals surface area (Å²) >= 11 is 2.25. The summed E-state index contributed by atoms with van der Waals surface area (Å²) in [6.07, 6.45) is -4.55. The van der Waals surface area contributed by atoms with Crippen LogP contribution in [0.1, 0.15) is 15.4 Å². The minimum atomic E-state index is -4.55. The van der Waals surface area contributed by atoms with Crippen LogP contribution in [-0.4, -0.2) is 16.1 Å². The summed E-state index contributed by atoms with van der Waals surface area (Å²) in [4.78, 5) is 11.8. The van der Waals surface area contributed by atoms with Gasteiger partial charge in [0.1, 0.15) is 0 Å². The fourth-order valence-corrected chi connectivity index (χ4v) is 2.44. The Morgan fingerprint density at radius 1 is 1.26 bits per heavy atom. The highest BCUT2D eigenvalue weighted by molar-refractivity contribution is 14.1. The number of benzene rings is 1. The van der Waals surface area contributed by atoms with Crippen molar-refractivity contribution in [2.24, 2.45) is 0 Å². The second-order valence-electron chi connectivity index (χ2n) is 3.34. The zero-order valence-corrected chi connectivity index (χ0v) is 12.0. The fourth-order valence-electron chi connectivity index (χ4n) is 1.20. The van der Waals surface area contributed by atoms with Gasteiger partial charge in [-0.2, -0.15) is 13.2 Å². The standard InChI is InChI=1S/C10H5F3IN3OS/c11-10(12,13)8-16-17-9(19-8)15-7(18)5-3-1-2-4-6(5)14/h1-4H,(H,15,17,18). The van der Waals surface area contributed by atoms with E-state index in [1.807, 2.05) is 22.6 Å².